The molecule has 0 bridgehead atoms. The van der Waals surface area contributed by atoms with Crippen LogP contribution in [0.15, 0.2) is 42.3 Å². The van der Waals surface area contributed by atoms with Gasteiger partial charge in [0.05, 0.1) is 12.2 Å². The van der Waals surface area contributed by atoms with Gasteiger partial charge in [0.2, 0.25) is 0 Å². The van der Waals surface area contributed by atoms with Crippen molar-refractivity contribution in [1.82, 2.24) is 4.98 Å². The van der Waals surface area contributed by atoms with Crippen LogP contribution in [-0.2, 0) is 0 Å². The average molecular weight is 380 g/mol. The van der Waals surface area contributed by atoms with Crippen molar-refractivity contribution in [1.29, 1.82) is 0 Å². The van der Waals surface area contributed by atoms with Crippen molar-refractivity contribution in [3.8, 4) is 0 Å². The second-order valence-electron chi connectivity index (χ2n) is 9.93. The molecule has 1 aromatic heterocycles. The molecule has 0 spiro atoms. The summed E-state index contributed by atoms with van der Waals surface area (Å²) in [5.74, 6) is 1.35. The Hall–Kier alpha value is -1.45. The van der Waals surface area contributed by atoms with Gasteiger partial charge in [-0.1, -0.05) is 37.6 Å². The average Bonchev–Trinajstić information content (AvgIpc) is 3.10. The minimum Gasteiger partial charge on any atom is -0.393 e. The van der Waals surface area contributed by atoms with E-state index < -0.39 is 0 Å². The van der Waals surface area contributed by atoms with Gasteiger partial charge < -0.3 is 10.2 Å². The summed E-state index contributed by atoms with van der Waals surface area (Å²) in [7, 11) is 0. The van der Waals surface area contributed by atoms with Crippen molar-refractivity contribution in [3.05, 3.63) is 47.8 Å². The maximum absolute atomic E-state index is 11.3. The maximum atomic E-state index is 11.3. The molecule has 0 aliphatic heterocycles. The predicted molar refractivity (Wildman–Crippen MR) is 111 cm³/mol. The molecular weight excluding hydrogens is 346 g/mol. The zero-order chi connectivity index (χ0) is 19.5. The highest BCUT2D eigenvalue weighted by Crippen LogP contribution is 2.67. The van der Waals surface area contributed by atoms with Crippen molar-refractivity contribution in [2.45, 2.75) is 71.0 Å². The fourth-order valence-electron chi connectivity index (χ4n) is 7.60. The Kier molecular flexibility index (Phi) is 4.33. The van der Waals surface area contributed by atoms with E-state index >= 15 is 0 Å². The summed E-state index contributed by atoms with van der Waals surface area (Å²) in [6.45, 7) is 4.75. The fraction of sp³-hybridized carbons (Fsp3) is 0.640. The molecule has 28 heavy (non-hydrogen) atoms. The van der Waals surface area contributed by atoms with Gasteiger partial charge in [0.1, 0.15) is 0 Å². The van der Waals surface area contributed by atoms with E-state index in [4.69, 9.17) is 0 Å². The van der Waals surface area contributed by atoms with Crippen molar-refractivity contribution in [3.63, 3.8) is 0 Å². The minimum absolute atomic E-state index is 0.153. The van der Waals surface area contributed by atoms with Gasteiger partial charge in [-0.2, -0.15) is 0 Å². The van der Waals surface area contributed by atoms with Gasteiger partial charge in [-0.3, -0.25) is 4.98 Å². The van der Waals surface area contributed by atoms with Crippen molar-refractivity contribution >= 4 is 5.57 Å². The van der Waals surface area contributed by atoms with E-state index in [2.05, 4.69) is 37.0 Å². The number of aromatic nitrogens is 1. The maximum Gasteiger partial charge on any atom is 0.0757 e. The first-order chi connectivity index (χ1) is 13.5. The van der Waals surface area contributed by atoms with Gasteiger partial charge in [0.25, 0.3) is 0 Å². The third-order valence-corrected chi connectivity index (χ3v) is 9.03. The quantitative estimate of drug-likeness (QED) is 0.729. The van der Waals surface area contributed by atoms with Crippen LogP contribution < -0.4 is 0 Å². The highest BCUT2D eigenvalue weighted by atomic mass is 16.3. The first-order valence-electron chi connectivity index (χ1n) is 11.2. The summed E-state index contributed by atoms with van der Waals surface area (Å²) in [6, 6.07) is 4.24. The van der Waals surface area contributed by atoms with Crippen molar-refractivity contribution in [2.24, 2.45) is 28.6 Å². The lowest BCUT2D eigenvalue weighted by atomic mass is 9.46. The van der Waals surface area contributed by atoms with E-state index in [9.17, 15) is 10.2 Å². The van der Waals surface area contributed by atoms with Crippen LogP contribution in [0.3, 0.4) is 0 Å². The highest BCUT2D eigenvalue weighted by Gasteiger charge is 2.59. The van der Waals surface area contributed by atoms with Crippen LogP contribution in [0.4, 0.5) is 0 Å². The molecule has 7 atom stereocenters. The number of fused-ring (bicyclic) bond motifs is 5. The molecule has 0 amide bonds. The van der Waals surface area contributed by atoms with E-state index in [1.165, 1.54) is 29.6 Å². The van der Waals surface area contributed by atoms with Gasteiger partial charge in [-0.15, -0.1) is 0 Å². The number of pyridine rings is 1. The summed E-state index contributed by atoms with van der Waals surface area (Å²) >= 11 is 0. The molecule has 2 saturated carbocycles. The third kappa shape index (κ3) is 2.45. The van der Waals surface area contributed by atoms with E-state index in [0.717, 1.165) is 32.1 Å². The number of nitrogens with zero attached hydrogens (tertiary/aromatic N) is 1. The lowest BCUT2D eigenvalue weighted by Crippen LogP contribution is -2.54. The topological polar surface area (TPSA) is 53.4 Å². The summed E-state index contributed by atoms with van der Waals surface area (Å²) in [4.78, 5) is 4.38. The fourth-order valence-corrected chi connectivity index (χ4v) is 7.60. The smallest absolute Gasteiger partial charge is 0.0757 e. The second-order valence-corrected chi connectivity index (χ2v) is 9.93. The molecule has 150 valence electrons. The first-order valence-corrected chi connectivity index (χ1v) is 11.2. The van der Waals surface area contributed by atoms with Crippen LogP contribution in [0.1, 0.15) is 64.4 Å². The number of rotatable bonds is 2. The van der Waals surface area contributed by atoms with E-state index in [1.807, 2.05) is 18.5 Å². The van der Waals surface area contributed by atoms with Gasteiger partial charge in [0.15, 0.2) is 0 Å². The summed E-state index contributed by atoms with van der Waals surface area (Å²) < 4.78 is 0. The van der Waals surface area contributed by atoms with Crippen LogP contribution in [0, 0.1) is 28.6 Å². The zero-order valence-corrected chi connectivity index (χ0v) is 17.1. The van der Waals surface area contributed by atoms with Gasteiger partial charge in [-0.05, 0) is 90.7 Å². The largest absolute Gasteiger partial charge is 0.393 e. The Balaban J connectivity index is 1.54. The monoisotopic (exact) mass is 379 g/mol. The molecule has 2 N–H and O–H groups in total. The Morgan fingerprint density at radius 2 is 2.04 bits per heavy atom. The molecule has 0 saturated heterocycles. The molecule has 5 rings (SSSR count). The molecule has 1 aromatic rings. The molecule has 3 heteroatoms. The van der Waals surface area contributed by atoms with E-state index in [-0.39, 0.29) is 23.0 Å². The Labute approximate surface area is 168 Å². The van der Waals surface area contributed by atoms with Crippen LogP contribution in [0.25, 0.3) is 5.57 Å². The number of aliphatic hydroxyl groups excluding tert-OH is 2. The Morgan fingerprint density at radius 3 is 2.79 bits per heavy atom. The molecule has 2 fully saturated rings. The molecule has 1 heterocycles. The first kappa shape index (κ1) is 18.6. The highest BCUT2D eigenvalue weighted by molar-refractivity contribution is 5.72. The Morgan fingerprint density at radius 1 is 1.18 bits per heavy atom. The van der Waals surface area contributed by atoms with E-state index in [1.54, 1.807) is 0 Å². The summed E-state index contributed by atoms with van der Waals surface area (Å²) in [6.07, 6.45) is 15.1. The SMILES string of the molecule is CC[C@]12CC[C@H]3[C@@H]([C@@H](O)C=C4C[C@@H](O)CC[C@@]43C)[C@@H]1CC=C2c1cccnc1. The van der Waals surface area contributed by atoms with Crippen LogP contribution in [-0.4, -0.2) is 27.4 Å². The normalized spacial score (nSPS) is 44.8. The molecule has 0 aromatic carbocycles. The molecule has 4 aliphatic carbocycles. The predicted octanol–water partition coefficient (Wildman–Crippen LogP) is 4.76. The molecular formula is C25H33NO2. The lowest BCUT2D eigenvalue weighted by Gasteiger charge is -2.59. The van der Waals surface area contributed by atoms with Crippen LogP contribution in [0.5, 0.6) is 0 Å². The lowest BCUT2D eigenvalue weighted by molar-refractivity contribution is -0.0781. The van der Waals surface area contributed by atoms with Crippen LogP contribution >= 0.6 is 0 Å². The van der Waals surface area contributed by atoms with Gasteiger partial charge in [0, 0.05) is 12.4 Å². The number of hydrogen-bond donors (Lipinski definition) is 2. The third-order valence-electron chi connectivity index (χ3n) is 9.03. The Bertz CT molecular complexity index is 815. The zero-order valence-electron chi connectivity index (χ0n) is 17.1. The standard InChI is InChI=1S/C25H33NO2/c1-3-25-11-9-20-23(21(25)7-6-19(25)16-5-4-12-26-15-16)22(28)14-17-13-18(27)8-10-24(17,20)2/h4-6,12,14-15,18,20-23,27-28H,3,7-11,13H2,1-2H3/t18-,20-,21-,22-,23+,24-,25+/m0/s1. The summed E-state index contributed by atoms with van der Waals surface area (Å²) in [5, 5.41) is 21.5. The number of allylic oxidation sites excluding steroid dienone is 2. The van der Waals surface area contributed by atoms with Crippen LogP contribution in [0.2, 0.25) is 0 Å². The molecule has 0 radical (unpaired) electrons. The van der Waals surface area contributed by atoms with Crippen molar-refractivity contribution < 1.29 is 10.2 Å². The summed E-state index contributed by atoms with van der Waals surface area (Å²) in [5.41, 5.74) is 4.38. The van der Waals surface area contributed by atoms with Gasteiger partial charge >= 0.3 is 0 Å². The minimum atomic E-state index is -0.378. The number of hydrogen-bond acceptors (Lipinski definition) is 3. The molecule has 0 unspecified atom stereocenters. The number of aliphatic hydroxyl groups is 2. The second kappa shape index (κ2) is 6.53. The molecule has 3 nitrogen and oxygen atoms in total. The molecule has 4 aliphatic rings. The van der Waals surface area contributed by atoms with Gasteiger partial charge in [-0.25, -0.2) is 0 Å². The van der Waals surface area contributed by atoms with Crippen molar-refractivity contribution in [2.75, 3.05) is 0 Å². The van der Waals surface area contributed by atoms with E-state index in [0.29, 0.717) is 17.8 Å².